The van der Waals surface area contributed by atoms with Crippen molar-refractivity contribution in [3.05, 3.63) is 58.3 Å². The van der Waals surface area contributed by atoms with Crippen LogP contribution in [-0.2, 0) is 0 Å². The number of aromatic hydroxyl groups is 1. The molecule has 0 aliphatic carbocycles. The molecule has 21 heavy (non-hydrogen) atoms. The van der Waals surface area contributed by atoms with Gasteiger partial charge in [0.05, 0.1) is 17.7 Å². The molecule has 0 radical (unpaired) electrons. The van der Waals surface area contributed by atoms with Crippen molar-refractivity contribution >= 4 is 23.5 Å². The van der Waals surface area contributed by atoms with Gasteiger partial charge in [0.1, 0.15) is 5.75 Å². The van der Waals surface area contributed by atoms with E-state index in [2.05, 4.69) is 0 Å². The van der Waals surface area contributed by atoms with E-state index in [4.69, 9.17) is 21.1 Å². The number of allylic oxidation sites excluding steroid dienone is 1. The Bertz CT molecular complexity index is 765. The van der Waals surface area contributed by atoms with Crippen molar-refractivity contribution < 1.29 is 19.4 Å². The first-order valence-corrected chi connectivity index (χ1v) is 6.57. The van der Waals surface area contributed by atoms with Crippen LogP contribution in [0.5, 0.6) is 17.2 Å². The minimum atomic E-state index is -0.186. The van der Waals surface area contributed by atoms with Crippen LogP contribution in [0.25, 0.3) is 6.08 Å². The Labute approximate surface area is 126 Å². The van der Waals surface area contributed by atoms with Crippen LogP contribution in [0.4, 0.5) is 0 Å². The van der Waals surface area contributed by atoms with Gasteiger partial charge in [-0.25, -0.2) is 0 Å². The standard InChI is InChI=1S/C16H11ClO4/c1-20-13-7-9(6-11(17)16(13)19)8-14-15(18)10-4-2-3-5-12(10)21-14/h2-8,19H,1H3. The van der Waals surface area contributed by atoms with Crippen LogP contribution in [-0.4, -0.2) is 18.0 Å². The lowest BCUT2D eigenvalue weighted by Crippen LogP contribution is -1.98. The fraction of sp³-hybridized carbons (Fsp3) is 0.0625. The third-order valence-corrected chi connectivity index (χ3v) is 3.43. The van der Waals surface area contributed by atoms with Crippen molar-refractivity contribution in [2.75, 3.05) is 7.11 Å². The lowest BCUT2D eigenvalue weighted by atomic mass is 10.1. The van der Waals surface area contributed by atoms with E-state index in [0.29, 0.717) is 16.9 Å². The highest BCUT2D eigenvalue weighted by Gasteiger charge is 2.26. The molecule has 3 rings (SSSR count). The number of Topliss-reactive ketones (excluding diaryl/α,β-unsaturated/α-hetero) is 1. The molecular weight excluding hydrogens is 292 g/mol. The largest absolute Gasteiger partial charge is 0.503 e. The molecule has 0 aromatic heterocycles. The normalized spacial score (nSPS) is 15.0. The van der Waals surface area contributed by atoms with Crippen molar-refractivity contribution in [1.82, 2.24) is 0 Å². The Morgan fingerprint density at radius 2 is 2.05 bits per heavy atom. The number of para-hydroxylation sites is 1. The van der Waals surface area contributed by atoms with E-state index in [1.54, 1.807) is 36.4 Å². The number of methoxy groups -OCH3 is 1. The number of halogens is 1. The fourth-order valence-electron chi connectivity index (χ4n) is 2.12. The number of carbonyl (C=O) groups excluding carboxylic acids is 1. The molecule has 0 spiro atoms. The summed E-state index contributed by atoms with van der Waals surface area (Å²) < 4.78 is 10.6. The van der Waals surface area contributed by atoms with Gasteiger partial charge in [0.25, 0.3) is 0 Å². The summed E-state index contributed by atoms with van der Waals surface area (Å²) in [5, 5.41) is 9.84. The number of ketones is 1. The number of benzene rings is 2. The topological polar surface area (TPSA) is 55.8 Å². The van der Waals surface area contributed by atoms with Crippen LogP contribution in [0.1, 0.15) is 15.9 Å². The summed E-state index contributed by atoms with van der Waals surface area (Å²) in [6.45, 7) is 0. The summed E-state index contributed by atoms with van der Waals surface area (Å²) >= 11 is 5.92. The molecule has 5 heteroatoms. The number of rotatable bonds is 2. The highest BCUT2D eigenvalue weighted by atomic mass is 35.5. The van der Waals surface area contributed by atoms with Crippen LogP contribution in [0.2, 0.25) is 5.02 Å². The van der Waals surface area contributed by atoms with Gasteiger partial charge in [0.2, 0.25) is 5.78 Å². The molecule has 2 aromatic carbocycles. The van der Waals surface area contributed by atoms with E-state index in [9.17, 15) is 9.90 Å². The van der Waals surface area contributed by atoms with Gasteiger partial charge < -0.3 is 14.6 Å². The van der Waals surface area contributed by atoms with Crippen LogP contribution in [0, 0.1) is 0 Å². The second kappa shape index (κ2) is 5.14. The van der Waals surface area contributed by atoms with Gasteiger partial charge in [-0.05, 0) is 35.9 Å². The molecule has 0 saturated heterocycles. The van der Waals surface area contributed by atoms with Crippen LogP contribution in [0.3, 0.4) is 0 Å². The summed E-state index contributed by atoms with van der Waals surface area (Å²) in [6, 6.07) is 10.1. The average molecular weight is 303 g/mol. The second-order valence-electron chi connectivity index (χ2n) is 4.49. The SMILES string of the molecule is COc1cc(C=C2Oc3ccccc3C2=O)cc(Cl)c1O. The predicted octanol–water partition coefficient (Wildman–Crippen LogP) is 3.67. The minimum absolute atomic E-state index is 0.136. The van der Waals surface area contributed by atoms with Crippen LogP contribution < -0.4 is 9.47 Å². The Balaban J connectivity index is 2.01. The van der Waals surface area contributed by atoms with Gasteiger partial charge in [-0.15, -0.1) is 0 Å². The van der Waals surface area contributed by atoms with E-state index in [0.717, 1.165) is 0 Å². The maximum Gasteiger partial charge on any atom is 0.231 e. The first kappa shape index (κ1) is 13.5. The Kier molecular flexibility index (Phi) is 3.31. The number of phenolic OH excluding ortho intramolecular Hbond substituents is 1. The number of hydrogen-bond acceptors (Lipinski definition) is 4. The average Bonchev–Trinajstić information content (AvgIpc) is 2.79. The number of phenols is 1. The molecule has 0 bridgehead atoms. The summed E-state index contributed by atoms with van der Waals surface area (Å²) in [4.78, 5) is 12.2. The van der Waals surface area contributed by atoms with Gasteiger partial charge in [-0.2, -0.15) is 0 Å². The second-order valence-corrected chi connectivity index (χ2v) is 4.90. The zero-order chi connectivity index (χ0) is 15.0. The van der Waals surface area contributed by atoms with Crippen molar-refractivity contribution in [2.24, 2.45) is 0 Å². The quantitative estimate of drug-likeness (QED) is 0.860. The molecule has 106 valence electrons. The molecule has 0 saturated carbocycles. The number of hydrogen-bond donors (Lipinski definition) is 1. The molecule has 1 aliphatic heterocycles. The number of carbonyl (C=O) groups is 1. The lowest BCUT2D eigenvalue weighted by Gasteiger charge is -2.06. The van der Waals surface area contributed by atoms with Gasteiger partial charge in [-0.1, -0.05) is 23.7 Å². The highest BCUT2D eigenvalue weighted by molar-refractivity contribution is 6.32. The summed E-state index contributed by atoms with van der Waals surface area (Å²) in [5.41, 5.74) is 1.13. The zero-order valence-electron chi connectivity index (χ0n) is 11.1. The van der Waals surface area contributed by atoms with E-state index < -0.39 is 0 Å². The Hall–Kier alpha value is -2.46. The predicted molar refractivity (Wildman–Crippen MR) is 79.0 cm³/mol. The monoisotopic (exact) mass is 302 g/mol. The van der Waals surface area contributed by atoms with Crippen molar-refractivity contribution in [1.29, 1.82) is 0 Å². The summed E-state index contributed by atoms with van der Waals surface area (Å²) in [7, 11) is 1.43. The third kappa shape index (κ3) is 2.34. The maximum absolute atomic E-state index is 12.2. The van der Waals surface area contributed by atoms with Crippen molar-refractivity contribution in [2.45, 2.75) is 0 Å². The molecule has 0 fully saturated rings. The van der Waals surface area contributed by atoms with Crippen molar-refractivity contribution in [3.8, 4) is 17.2 Å². The molecule has 2 aromatic rings. The van der Waals surface area contributed by atoms with Gasteiger partial charge >= 0.3 is 0 Å². The molecule has 0 unspecified atom stereocenters. The van der Waals surface area contributed by atoms with E-state index in [1.165, 1.54) is 13.2 Å². The Morgan fingerprint density at radius 1 is 1.29 bits per heavy atom. The molecule has 4 nitrogen and oxygen atoms in total. The zero-order valence-corrected chi connectivity index (χ0v) is 11.8. The first-order chi connectivity index (χ1) is 10.1. The van der Waals surface area contributed by atoms with Crippen LogP contribution >= 0.6 is 11.6 Å². The van der Waals surface area contributed by atoms with E-state index >= 15 is 0 Å². The lowest BCUT2D eigenvalue weighted by molar-refractivity contribution is 0.101. The van der Waals surface area contributed by atoms with Crippen molar-refractivity contribution in [3.63, 3.8) is 0 Å². The van der Waals surface area contributed by atoms with E-state index in [1.807, 2.05) is 0 Å². The van der Waals surface area contributed by atoms with Gasteiger partial charge in [-0.3, -0.25) is 4.79 Å². The molecule has 1 N–H and O–H groups in total. The summed E-state index contributed by atoms with van der Waals surface area (Å²) in [6.07, 6.45) is 1.57. The number of fused-ring (bicyclic) bond motifs is 1. The molecular formula is C16H11ClO4. The Morgan fingerprint density at radius 3 is 2.76 bits per heavy atom. The summed E-state index contributed by atoms with van der Waals surface area (Å²) in [5.74, 6) is 0.653. The van der Waals surface area contributed by atoms with Gasteiger partial charge in [0, 0.05) is 0 Å². The highest BCUT2D eigenvalue weighted by Crippen LogP contribution is 2.37. The van der Waals surface area contributed by atoms with Crippen LogP contribution in [0.15, 0.2) is 42.2 Å². The molecule has 0 atom stereocenters. The minimum Gasteiger partial charge on any atom is -0.503 e. The fourth-order valence-corrected chi connectivity index (χ4v) is 2.34. The molecule has 0 amide bonds. The first-order valence-electron chi connectivity index (χ1n) is 6.20. The van der Waals surface area contributed by atoms with E-state index in [-0.39, 0.29) is 28.1 Å². The number of ether oxygens (including phenoxy) is 2. The smallest absolute Gasteiger partial charge is 0.231 e. The van der Waals surface area contributed by atoms with Gasteiger partial charge in [0.15, 0.2) is 17.3 Å². The maximum atomic E-state index is 12.2. The molecule has 1 heterocycles. The molecule has 1 aliphatic rings. The third-order valence-electron chi connectivity index (χ3n) is 3.14.